The maximum atomic E-state index is 12.1. The molecule has 0 amide bonds. The predicted molar refractivity (Wildman–Crippen MR) is 101 cm³/mol. The van der Waals surface area contributed by atoms with Gasteiger partial charge < -0.3 is 10.5 Å². The fourth-order valence-electron chi connectivity index (χ4n) is 1.98. The second-order valence-electron chi connectivity index (χ2n) is 5.42. The first-order chi connectivity index (χ1) is 12.2. The van der Waals surface area contributed by atoms with Gasteiger partial charge in [-0.3, -0.25) is 4.79 Å². The molecule has 0 bridgehead atoms. The van der Waals surface area contributed by atoms with Gasteiger partial charge in [-0.1, -0.05) is 11.6 Å². The summed E-state index contributed by atoms with van der Waals surface area (Å²) >= 11 is 7.02. The highest BCUT2D eigenvalue weighted by Gasteiger charge is 2.14. The summed E-state index contributed by atoms with van der Waals surface area (Å²) in [5.74, 6) is -1.01. The molecule has 140 valence electrons. The van der Waals surface area contributed by atoms with Crippen LogP contribution in [0.1, 0.15) is 24.9 Å². The van der Waals surface area contributed by atoms with E-state index in [2.05, 4.69) is 4.72 Å². The molecule has 0 aliphatic rings. The molecule has 1 aromatic heterocycles. The standard InChI is InChI=1S/C16H17ClN2O5S2/c1-26(22,23)19-7-6-11-3-5-15(25-11)14(20)9-24-16(21)10-2-4-12(17)13(18)8-10/h2-5,8,19H,6-7,9,18H2,1H3. The quantitative estimate of drug-likeness (QED) is 0.387. The molecule has 0 saturated heterocycles. The minimum Gasteiger partial charge on any atom is -0.454 e. The molecule has 0 radical (unpaired) electrons. The van der Waals surface area contributed by atoms with Crippen LogP contribution in [0.2, 0.25) is 5.02 Å². The van der Waals surface area contributed by atoms with Crippen LogP contribution in [0.25, 0.3) is 0 Å². The van der Waals surface area contributed by atoms with Crippen molar-refractivity contribution in [2.24, 2.45) is 0 Å². The number of ketones is 1. The van der Waals surface area contributed by atoms with Crippen molar-refractivity contribution >= 4 is 50.4 Å². The third-order valence-electron chi connectivity index (χ3n) is 3.24. The number of benzene rings is 1. The molecule has 1 heterocycles. The first-order valence-corrected chi connectivity index (χ1v) is 10.5. The lowest BCUT2D eigenvalue weighted by molar-refractivity contribution is 0.0476. The number of esters is 1. The lowest BCUT2D eigenvalue weighted by atomic mass is 10.2. The zero-order chi connectivity index (χ0) is 19.3. The molecule has 0 aliphatic heterocycles. The molecule has 0 saturated carbocycles. The van der Waals surface area contributed by atoms with Gasteiger partial charge in [0.05, 0.1) is 27.4 Å². The van der Waals surface area contributed by atoms with E-state index < -0.39 is 22.6 Å². The zero-order valence-corrected chi connectivity index (χ0v) is 16.2. The highest BCUT2D eigenvalue weighted by molar-refractivity contribution is 7.88. The third kappa shape index (κ3) is 6.10. The van der Waals surface area contributed by atoms with Crippen LogP contribution in [0.15, 0.2) is 30.3 Å². The number of halogens is 1. The SMILES string of the molecule is CS(=O)(=O)NCCc1ccc(C(=O)COC(=O)c2ccc(Cl)c(N)c2)s1. The second kappa shape index (κ2) is 8.63. The maximum Gasteiger partial charge on any atom is 0.338 e. The number of sulfonamides is 1. The van der Waals surface area contributed by atoms with Crippen molar-refractivity contribution in [2.45, 2.75) is 6.42 Å². The summed E-state index contributed by atoms with van der Waals surface area (Å²) in [6.45, 7) is -0.150. The number of hydrogen-bond donors (Lipinski definition) is 2. The van der Waals surface area contributed by atoms with Crippen LogP contribution in [0.3, 0.4) is 0 Å². The van der Waals surface area contributed by atoms with E-state index in [1.807, 2.05) is 0 Å². The van der Waals surface area contributed by atoms with Crippen LogP contribution >= 0.6 is 22.9 Å². The molecule has 0 unspecified atom stereocenters. The Hall–Kier alpha value is -1.94. The van der Waals surface area contributed by atoms with E-state index in [-0.39, 0.29) is 23.6 Å². The average Bonchev–Trinajstić information content (AvgIpc) is 3.02. The highest BCUT2D eigenvalue weighted by Crippen LogP contribution is 2.20. The molecule has 10 heteroatoms. The van der Waals surface area contributed by atoms with E-state index in [9.17, 15) is 18.0 Å². The smallest absolute Gasteiger partial charge is 0.338 e. The van der Waals surface area contributed by atoms with Gasteiger partial charge in [-0.2, -0.15) is 0 Å². The maximum absolute atomic E-state index is 12.1. The number of nitrogens with one attached hydrogen (secondary N) is 1. The van der Waals surface area contributed by atoms with Crippen LogP contribution in [0.5, 0.6) is 0 Å². The number of nitrogen functional groups attached to an aromatic ring is 1. The van der Waals surface area contributed by atoms with E-state index in [1.54, 1.807) is 12.1 Å². The first-order valence-electron chi connectivity index (χ1n) is 7.44. The van der Waals surface area contributed by atoms with Crippen molar-refractivity contribution in [1.29, 1.82) is 0 Å². The topological polar surface area (TPSA) is 116 Å². The monoisotopic (exact) mass is 416 g/mol. The van der Waals surface area contributed by atoms with Crippen LogP contribution in [0.4, 0.5) is 5.69 Å². The molecular weight excluding hydrogens is 400 g/mol. The van der Waals surface area contributed by atoms with Crippen molar-refractivity contribution in [3.63, 3.8) is 0 Å². The summed E-state index contributed by atoms with van der Waals surface area (Å²) in [7, 11) is -3.24. The predicted octanol–water partition coefficient (Wildman–Crippen LogP) is 2.12. The Balaban J connectivity index is 1.87. The zero-order valence-electron chi connectivity index (χ0n) is 13.8. The molecule has 0 atom stereocenters. The summed E-state index contributed by atoms with van der Waals surface area (Å²) in [5, 5.41) is 0.328. The second-order valence-corrected chi connectivity index (χ2v) is 8.83. The Morgan fingerprint density at radius 3 is 2.65 bits per heavy atom. The summed E-state index contributed by atoms with van der Waals surface area (Å²) in [5.41, 5.74) is 6.08. The van der Waals surface area contributed by atoms with E-state index in [4.69, 9.17) is 22.1 Å². The molecular formula is C16H17ClN2O5S2. The Kier molecular flexibility index (Phi) is 6.76. The number of hydrogen-bond acceptors (Lipinski definition) is 7. The summed E-state index contributed by atoms with van der Waals surface area (Å²) in [6, 6.07) is 7.68. The molecule has 0 fully saturated rings. The number of carbonyl (C=O) groups excluding carboxylic acids is 2. The van der Waals surface area contributed by atoms with E-state index in [0.29, 0.717) is 16.3 Å². The fourth-order valence-corrected chi connectivity index (χ4v) is 3.50. The van der Waals surface area contributed by atoms with Crippen molar-refractivity contribution in [2.75, 3.05) is 25.1 Å². The van der Waals surface area contributed by atoms with Crippen molar-refractivity contribution in [3.05, 3.63) is 50.7 Å². The van der Waals surface area contributed by atoms with Crippen molar-refractivity contribution < 1.29 is 22.7 Å². The number of thiophene rings is 1. The van der Waals surface area contributed by atoms with Crippen LogP contribution < -0.4 is 10.5 Å². The minimum absolute atomic E-state index is 0.207. The summed E-state index contributed by atoms with van der Waals surface area (Å²) in [4.78, 5) is 25.4. The Morgan fingerprint density at radius 1 is 1.27 bits per heavy atom. The highest BCUT2D eigenvalue weighted by atomic mass is 35.5. The van der Waals surface area contributed by atoms with Crippen LogP contribution in [-0.2, 0) is 21.2 Å². The summed E-state index contributed by atoms with van der Waals surface area (Å²) in [6.07, 6.45) is 1.55. The molecule has 7 nitrogen and oxygen atoms in total. The van der Waals surface area contributed by atoms with Gasteiger partial charge in [0.25, 0.3) is 0 Å². The van der Waals surface area contributed by atoms with Crippen molar-refractivity contribution in [3.8, 4) is 0 Å². The molecule has 3 N–H and O–H groups in total. The molecule has 0 spiro atoms. The van der Waals surface area contributed by atoms with E-state index >= 15 is 0 Å². The number of Topliss-reactive ketones (excluding diaryl/α,β-unsaturated/α-hetero) is 1. The number of anilines is 1. The minimum atomic E-state index is -3.24. The largest absolute Gasteiger partial charge is 0.454 e. The Bertz CT molecular complexity index is 924. The van der Waals surface area contributed by atoms with E-state index in [0.717, 1.165) is 11.1 Å². The average molecular weight is 417 g/mol. The van der Waals surface area contributed by atoms with Gasteiger partial charge in [0.15, 0.2) is 6.61 Å². The van der Waals surface area contributed by atoms with Gasteiger partial charge in [-0.05, 0) is 36.8 Å². The lowest BCUT2D eigenvalue weighted by Crippen LogP contribution is -2.24. The number of ether oxygens (including phenoxy) is 1. The number of nitrogens with two attached hydrogens (primary N) is 1. The normalized spacial score (nSPS) is 11.3. The number of carbonyl (C=O) groups is 2. The van der Waals surface area contributed by atoms with Gasteiger partial charge in [0, 0.05) is 11.4 Å². The molecule has 1 aromatic carbocycles. The van der Waals surface area contributed by atoms with Crippen LogP contribution in [0, 0.1) is 0 Å². The fraction of sp³-hybridized carbons (Fsp3) is 0.250. The molecule has 2 rings (SSSR count). The molecule has 26 heavy (non-hydrogen) atoms. The van der Waals surface area contributed by atoms with Crippen LogP contribution in [-0.4, -0.2) is 39.6 Å². The van der Waals surface area contributed by atoms with E-state index in [1.165, 1.54) is 29.5 Å². The van der Waals surface area contributed by atoms with Gasteiger partial charge in [0.2, 0.25) is 15.8 Å². The molecule has 2 aromatic rings. The molecule has 0 aliphatic carbocycles. The first kappa shape index (κ1) is 20.4. The van der Waals surface area contributed by atoms with Gasteiger partial charge >= 0.3 is 5.97 Å². The number of rotatable bonds is 8. The van der Waals surface area contributed by atoms with Gasteiger partial charge in [0.1, 0.15) is 0 Å². The Labute approximate surface area is 160 Å². The van der Waals surface area contributed by atoms with Crippen molar-refractivity contribution in [1.82, 2.24) is 4.72 Å². The Morgan fingerprint density at radius 2 is 2.00 bits per heavy atom. The van der Waals surface area contributed by atoms with Gasteiger partial charge in [-0.25, -0.2) is 17.9 Å². The third-order valence-corrected chi connectivity index (χ3v) is 5.50. The summed E-state index contributed by atoms with van der Waals surface area (Å²) < 4.78 is 29.4. The lowest BCUT2D eigenvalue weighted by Gasteiger charge is -2.05. The van der Waals surface area contributed by atoms with Gasteiger partial charge in [-0.15, -0.1) is 11.3 Å².